The number of alkyl carbamates (subject to hydrolysis) is 1. The van der Waals surface area contributed by atoms with Crippen LogP contribution in [-0.2, 0) is 4.74 Å². The van der Waals surface area contributed by atoms with E-state index in [1.807, 2.05) is 20.8 Å². The van der Waals surface area contributed by atoms with Gasteiger partial charge in [-0.15, -0.1) is 0 Å². The van der Waals surface area contributed by atoms with Crippen LogP contribution in [0.3, 0.4) is 0 Å². The Labute approximate surface area is 116 Å². The molecule has 0 bridgehead atoms. The molecule has 0 spiro atoms. The normalized spacial score (nSPS) is 17.1. The highest BCUT2D eigenvalue weighted by Crippen LogP contribution is 2.21. The fraction of sp³-hybridized carbons (Fsp3) is 0.786. The first kappa shape index (κ1) is 15.7. The lowest BCUT2D eigenvalue weighted by Gasteiger charge is -2.33. The lowest BCUT2D eigenvalue weighted by Crippen LogP contribution is -2.37. The number of nitrogens with one attached hydrogen (secondary N) is 1. The molecule has 1 heterocycles. The van der Waals surface area contributed by atoms with Gasteiger partial charge in [0, 0.05) is 19.6 Å². The molecule has 5 heteroatoms. The molecule has 19 heavy (non-hydrogen) atoms. The first-order chi connectivity index (χ1) is 8.78. The fourth-order valence-electron chi connectivity index (χ4n) is 2.20. The smallest absolute Gasteiger partial charge is 0.407 e. The predicted molar refractivity (Wildman–Crippen MR) is 76.5 cm³/mol. The van der Waals surface area contributed by atoms with Crippen LogP contribution in [0.5, 0.6) is 0 Å². The molecule has 1 fully saturated rings. The van der Waals surface area contributed by atoms with Crippen molar-refractivity contribution >= 4 is 6.09 Å². The number of likely N-dealkylation sites (tertiary alicyclic amines) is 1. The summed E-state index contributed by atoms with van der Waals surface area (Å²) < 4.78 is 5.19. The van der Waals surface area contributed by atoms with Crippen molar-refractivity contribution in [1.29, 1.82) is 0 Å². The molecule has 0 aliphatic carbocycles. The number of nitrogens with two attached hydrogens (primary N) is 1. The molecule has 0 atom stereocenters. The molecule has 0 unspecified atom stereocenters. The first-order valence-corrected chi connectivity index (χ1v) is 6.94. The number of carbonyl (C=O) groups is 1. The third-order valence-electron chi connectivity index (χ3n) is 3.24. The van der Waals surface area contributed by atoms with E-state index in [4.69, 9.17) is 10.5 Å². The van der Waals surface area contributed by atoms with Crippen LogP contribution in [0.25, 0.3) is 0 Å². The maximum Gasteiger partial charge on any atom is 0.407 e. The zero-order valence-corrected chi connectivity index (χ0v) is 12.4. The third kappa shape index (κ3) is 6.36. The predicted octanol–water partition coefficient (Wildman–Crippen LogP) is 2.04. The lowest BCUT2D eigenvalue weighted by molar-refractivity contribution is 0.0523. The molecular formula is C14H27N3O2. The summed E-state index contributed by atoms with van der Waals surface area (Å²) in [4.78, 5) is 13.6. The number of hydrogen-bond donors (Lipinski definition) is 2. The zero-order chi connectivity index (χ0) is 14.5. The average Bonchev–Trinajstić information content (AvgIpc) is 2.27. The van der Waals surface area contributed by atoms with Crippen LogP contribution in [0.2, 0.25) is 0 Å². The highest BCUT2D eigenvalue weighted by atomic mass is 16.6. The Balaban J connectivity index is 2.14. The van der Waals surface area contributed by atoms with Crippen molar-refractivity contribution in [3.8, 4) is 0 Å². The Kier molecular flexibility index (Phi) is 5.51. The van der Waals surface area contributed by atoms with Crippen LogP contribution in [0.4, 0.5) is 4.79 Å². The summed E-state index contributed by atoms with van der Waals surface area (Å²) in [5, 5.41) is 2.80. The van der Waals surface area contributed by atoms with Crippen LogP contribution < -0.4 is 11.1 Å². The largest absolute Gasteiger partial charge is 0.444 e. The van der Waals surface area contributed by atoms with Crippen molar-refractivity contribution in [2.24, 2.45) is 11.7 Å². The van der Waals surface area contributed by atoms with Gasteiger partial charge in [0.05, 0.1) is 5.82 Å². The molecule has 110 valence electrons. The number of rotatable bonds is 4. The zero-order valence-electron chi connectivity index (χ0n) is 12.4. The molecule has 1 aliphatic heterocycles. The van der Waals surface area contributed by atoms with Gasteiger partial charge in [-0.05, 0) is 46.0 Å². The number of nitrogens with zero attached hydrogens (tertiary/aromatic N) is 1. The monoisotopic (exact) mass is 269 g/mol. The van der Waals surface area contributed by atoms with Gasteiger partial charge in [-0.1, -0.05) is 6.58 Å². The number of carbonyl (C=O) groups excluding carboxylic acids is 1. The van der Waals surface area contributed by atoms with Gasteiger partial charge in [-0.25, -0.2) is 4.79 Å². The number of piperidine rings is 1. The summed E-state index contributed by atoms with van der Waals surface area (Å²) in [5.74, 6) is 1.30. The third-order valence-corrected chi connectivity index (χ3v) is 3.24. The van der Waals surface area contributed by atoms with E-state index in [-0.39, 0.29) is 6.09 Å². The quantitative estimate of drug-likeness (QED) is 0.819. The van der Waals surface area contributed by atoms with Gasteiger partial charge in [-0.2, -0.15) is 0 Å². The molecule has 0 radical (unpaired) electrons. The highest BCUT2D eigenvalue weighted by Gasteiger charge is 2.20. The molecule has 1 rings (SSSR count). The molecule has 3 N–H and O–H groups in total. The summed E-state index contributed by atoms with van der Waals surface area (Å²) in [6.45, 7) is 11.9. The van der Waals surface area contributed by atoms with Gasteiger partial charge >= 0.3 is 6.09 Å². The van der Waals surface area contributed by atoms with E-state index in [2.05, 4.69) is 16.8 Å². The summed E-state index contributed by atoms with van der Waals surface area (Å²) >= 11 is 0. The van der Waals surface area contributed by atoms with Crippen LogP contribution in [0.1, 0.15) is 40.0 Å². The summed E-state index contributed by atoms with van der Waals surface area (Å²) in [6, 6.07) is 0. The van der Waals surface area contributed by atoms with Crippen molar-refractivity contribution in [1.82, 2.24) is 10.2 Å². The van der Waals surface area contributed by atoms with E-state index in [1.54, 1.807) is 0 Å². The molecule has 0 aromatic heterocycles. The molecule has 0 saturated carbocycles. The molecule has 1 saturated heterocycles. The van der Waals surface area contributed by atoms with E-state index in [1.165, 1.54) is 0 Å². The van der Waals surface area contributed by atoms with Crippen molar-refractivity contribution in [2.75, 3.05) is 19.6 Å². The van der Waals surface area contributed by atoms with E-state index in [0.29, 0.717) is 18.3 Å². The maximum absolute atomic E-state index is 11.5. The van der Waals surface area contributed by atoms with Crippen LogP contribution >= 0.6 is 0 Å². The Morgan fingerprint density at radius 3 is 2.47 bits per heavy atom. The fourth-order valence-corrected chi connectivity index (χ4v) is 2.20. The van der Waals surface area contributed by atoms with E-state index in [0.717, 1.165) is 32.4 Å². The van der Waals surface area contributed by atoms with E-state index < -0.39 is 5.60 Å². The molecule has 1 amide bonds. The number of hydrogen-bond acceptors (Lipinski definition) is 4. The minimum Gasteiger partial charge on any atom is -0.444 e. The van der Waals surface area contributed by atoms with Crippen molar-refractivity contribution in [3.05, 3.63) is 12.4 Å². The second-order valence-corrected chi connectivity index (χ2v) is 6.14. The Morgan fingerprint density at radius 1 is 1.42 bits per heavy atom. The Morgan fingerprint density at radius 2 is 2.00 bits per heavy atom. The van der Waals surface area contributed by atoms with Gasteiger partial charge in [0.25, 0.3) is 0 Å². The van der Waals surface area contributed by atoms with Gasteiger partial charge < -0.3 is 20.7 Å². The first-order valence-electron chi connectivity index (χ1n) is 6.94. The SMILES string of the molecule is C=C(N)N1CCC(CCNC(=O)OC(C)(C)C)CC1. The Hall–Kier alpha value is -1.39. The van der Waals surface area contributed by atoms with Crippen molar-refractivity contribution in [2.45, 2.75) is 45.6 Å². The minimum absolute atomic E-state index is 0.333. The van der Waals surface area contributed by atoms with E-state index >= 15 is 0 Å². The highest BCUT2D eigenvalue weighted by molar-refractivity contribution is 5.67. The van der Waals surface area contributed by atoms with Crippen LogP contribution in [0.15, 0.2) is 12.4 Å². The molecule has 5 nitrogen and oxygen atoms in total. The number of amides is 1. The van der Waals surface area contributed by atoms with Gasteiger partial charge in [0.15, 0.2) is 0 Å². The van der Waals surface area contributed by atoms with Gasteiger partial charge in [0.1, 0.15) is 5.60 Å². The average molecular weight is 269 g/mol. The second kappa shape index (κ2) is 6.68. The van der Waals surface area contributed by atoms with Gasteiger partial charge in [-0.3, -0.25) is 0 Å². The number of ether oxygens (including phenoxy) is 1. The van der Waals surface area contributed by atoms with Crippen LogP contribution in [0, 0.1) is 5.92 Å². The standard InChI is InChI=1S/C14H27N3O2/c1-11(15)17-9-6-12(7-10-17)5-8-16-13(18)19-14(2,3)4/h12H,1,5-10,15H2,2-4H3,(H,16,18). The second-order valence-electron chi connectivity index (χ2n) is 6.14. The van der Waals surface area contributed by atoms with Gasteiger partial charge in [0.2, 0.25) is 0 Å². The summed E-state index contributed by atoms with van der Waals surface area (Å²) in [7, 11) is 0. The molecular weight excluding hydrogens is 242 g/mol. The molecule has 0 aromatic rings. The maximum atomic E-state index is 11.5. The van der Waals surface area contributed by atoms with E-state index in [9.17, 15) is 4.79 Å². The molecule has 1 aliphatic rings. The van der Waals surface area contributed by atoms with Crippen molar-refractivity contribution < 1.29 is 9.53 Å². The topological polar surface area (TPSA) is 67.6 Å². The summed E-state index contributed by atoms with van der Waals surface area (Å²) in [6.07, 6.45) is 2.86. The minimum atomic E-state index is -0.434. The lowest BCUT2D eigenvalue weighted by atomic mass is 9.93. The van der Waals surface area contributed by atoms with Crippen molar-refractivity contribution in [3.63, 3.8) is 0 Å². The van der Waals surface area contributed by atoms with Crippen LogP contribution in [-0.4, -0.2) is 36.2 Å². The molecule has 0 aromatic carbocycles. The summed E-state index contributed by atoms with van der Waals surface area (Å²) in [5.41, 5.74) is 5.24. The Bertz CT molecular complexity index is 315.